The van der Waals surface area contributed by atoms with Gasteiger partial charge in [-0.15, -0.1) is 0 Å². The number of carbonyl (C=O) groups is 1. The molecule has 0 bridgehead atoms. The highest BCUT2D eigenvalue weighted by molar-refractivity contribution is 9.10. The molecular formula is C13H15BrN2O4S. The van der Waals surface area contributed by atoms with E-state index in [0.29, 0.717) is 10.9 Å². The van der Waals surface area contributed by atoms with Gasteiger partial charge in [0.05, 0.1) is 5.56 Å². The molecule has 1 atom stereocenters. The highest BCUT2D eigenvalue weighted by Crippen LogP contribution is 2.23. The summed E-state index contributed by atoms with van der Waals surface area (Å²) >= 11 is 3.11. The molecule has 0 aliphatic carbocycles. The van der Waals surface area contributed by atoms with Crippen LogP contribution >= 0.6 is 15.9 Å². The van der Waals surface area contributed by atoms with Crippen LogP contribution in [0.5, 0.6) is 0 Å². The molecule has 8 heteroatoms. The van der Waals surface area contributed by atoms with Crippen molar-refractivity contribution in [2.75, 3.05) is 0 Å². The van der Waals surface area contributed by atoms with E-state index in [1.807, 2.05) is 6.92 Å². The first-order valence-corrected chi connectivity index (χ1v) is 8.54. The summed E-state index contributed by atoms with van der Waals surface area (Å²) in [5, 5.41) is 18.1. The molecule has 6 nitrogen and oxygen atoms in total. The third-order valence-electron chi connectivity index (χ3n) is 2.82. The number of hydrogen-bond acceptors (Lipinski definition) is 4. The molecule has 21 heavy (non-hydrogen) atoms. The average molecular weight is 375 g/mol. The molecule has 0 heterocycles. The topological polar surface area (TPSA) is 107 Å². The molecule has 1 aromatic rings. The number of sulfonamides is 1. The van der Waals surface area contributed by atoms with Crippen molar-refractivity contribution in [3.05, 3.63) is 28.2 Å². The van der Waals surface area contributed by atoms with Crippen molar-refractivity contribution in [2.45, 2.75) is 37.1 Å². The maximum Gasteiger partial charge on any atom is 0.321 e. The number of rotatable bonds is 7. The predicted octanol–water partition coefficient (Wildman–Crippen LogP) is 2.24. The second-order valence-electron chi connectivity index (χ2n) is 4.38. The quantitative estimate of drug-likeness (QED) is 0.760. The minimum absolute atomic E-state index is 0.0513. The molecule has 0 spiro atoms. The fraction of sp³-hybridized carbons (Fsp3) is 0.385. The van der Waals surface area contributed by atoms with Gasteiger partial charge in [-0.1, -0.05) is 25.8 Å². The van der Waals surface area contributed by atoms with Crippen molar-refractivity contribution in [3.63, 3.8) is 0 Å². The Kier molecular flexibility index (Phi) is 6.33. The van der Waals surface area contributed by atoms with E-state index in [9.17, 15) is 13.2 Å². The Labute approximate surface area is 132 Å². The SMILES string of the molecule is CCCC[C@H](NS(=O)(=O)c1cccc(Br)c1C#N)C(=O)O. The van der Waals surface area contributed by atoms with Crippen LogP contribution in [0.15, 0.2) is 27.6 Å². The zero-order valence-electron chi connectivity index (χ0n) is 11.3. The summed E-state index contributed by atoms with van der Waals surface area (Å²) in [6.45, 7) is 1.88. The lowest BCUT2D eigenvalue weighted by atomic mass is 10.1. The average Bonchev–Trinajstić information content (AvgIpc) is 2.42. The number of benzene rings is 1. The normalized spacial score (nSPS) is 12.6. The number of nitrogens with zero attached hydrogens (tertiary/aromatic N) is 1. The van der Waals surface area contributed by atoms with E-state index in [0.717, 1.165) is 6.42 Å². The van der Waals surface area contributed by atoms with Gasteiger partial charge >= 0.3 is 5.97 Å². The van der Waals surface area contributed by atoms with E-state index in [4.69, 9.17) is 10.4 Å². The van der Waals surface area contributed by atoms with Gasteiger partial charge in [-0.3, -0.25) is 4.79 Å². The first kappa shape index (κ1) is 17.6. The van der Waals surface area contributed by atoms with Gasteiger partial charge in [0.25, 0.3) is 0 Å². The largest absolute Gasteiger partial charge is 0.480 e. The van der Waals surface area contributed by atoms with Gasteiger partial charge in [0, 0.05) is 4.47 Å². The highest BCUT2D eigenvalue weighted by Gasteiger charge is 2.27. The summed E-state index contributed by atoms with van der Waals surface area (Å²) in [6.07, 6.45) is 1.54. The number of carboxylic acids is 1. The number of unbranched alkanes of at least 4 members (excludes halogenated alkanes) is 1. The Balaban J connectivity index is 3.14. The first-order chi connectivity index (χ1) is 9.83. The minimum atomic E-state index is -4.08. The molecule has 0 fully saturated rings. The summed E-state index contributed by atoms with van der Waals surface area (Å²) in [5.41, 5.74) is -0.0513. The zero-order chi connectivity index (χ0) is 16.0. The van der Waals surface area contributed by atoms with Crippen LogP contribution in [0.2, 0.25) is 0 Å². The van der Waals surface area contributed by atoms with Crippen LogP contribution in [0.1, 0.15) is 31.7 Å². The van der Waals surface area contributed by atoms with Crippen LogP contribution in [0.4, 0.5) is 0 Å². The molecule has 0 saturated heterocycles. The second kappa shape index (κ2) is 7.54. The van der Waals surface area contributed by atoms with E-state index >= 15 is 0 Å². The third kappa shape index (κ3) is 4.52. The molecule has 0 radical (unpaired) electrons. The van der Waals surface area contributed by atoms with Gasteiger partial charge in [0.1, 0.15) is 17.0 Å². The molecule has 0 aliphatic rings. The molecule has 0 unspecified atom stereocenters. The molecule has 0 aliphatic heterocycles. The van der Waals surface area contributed by atoms with Crippen molar-refractivity contribution in [3.8, 4) is 6.07 Å². The fourth-order valence-corrected chi connectivity index (χ4v) is 3.72. The molecular weight excluding hydrogens is 360 g/mol. The number of halogens is 1. The van der Waals surface area contributed by atoms with Crippen molar-refractivity contribution in [1.29, 1.82) is 5.26 Å². The van der Waals surface area contributed by atoms with Gasteiger partial charge in [-0.2, -0.15) is 9.98 Å². The van der Waals surface area contributed by atoms with Gasteiger partial charge in [-0.25, -0.2) is 8.42 Å². The van der Waals surface area contributed by atoms with Crippen molar-refractivity contribution in [2.24, 2.45) is 0 Å². The van der Waals surface area contributed by atoms with Crippen LogP contribution in [-0.2, 0) is 14.8 Å². The molecule has 0 amide bonds. The van der Waals surface area contributed by atoms with Crippen LogP contribution in [0.3, 0.4) is 0 Å². The van der Waals surface area contributed by atoms with Crippen LogP contribution in [0, 0.1) is 11.3 Å². The third-order valence-corrected chi connectivity index (χ3v) is 4.99. The molecule has 114 valence electrons. The van der Waals surface area contributed by atoms with Gasteiger partial charge in [-0.05, 0) is 34.5 Å². The van der Waals surface area contributed by atoms with Crippen molar-refractivity contribution >= 4 is 31.9 Å². The molecule has 0 saturated carbocycles. The Hall–Kier alpha value is -1.43. The molecule has 1 rings (SSSR count). The van der Waals surface area contributed by atoms with Gasteiger partial charge < -0.3 is 5.11 Å². The minimum Gasteiger partial charge on any atom is -0.480 e. The van der Waals surface area contributed by atoms with Crippen molar-refractivity contribution in [1.82, 2.24) is 4.72 Å². The number of nitrogens with one attached hydrogen (secondary N) is 1. The standard InChI is InChI=1S/C13H15BrN2O4S/c1-2-3-6-11(13(17)18)16-21(19,20)12-7-4-5-10(14)9(12)8-15/h4-5,7,11,16H,2-3,6H2,1H3,(H,17,18)/t11-/m0/s1. The summed E-state index contributed by atoms with van der Waals surface area (Å²) in [5.74, 6) is -1.24. The summed E-state index contributed by atoms with van der Waals surface area (Å²) in [4.78, 5) is 10.9. The zero-order valence-corrected chi connectivity index (χ0v) is 13.7. The Morgan fingerprint density at radius 3 is 2.71 bits per heavy atom. The first-order valence-electron chi connectivity index (χ1n) is 6.27. The lowest BCUT2D eigenvalue weighted by molar-refractivity contribution is -0.139. The smallest absolute Gasteiger partial charge is 0.321 e. The van der Waals surface area contributed by atoms with Crippen LogP contribution in [-0.4, -0.2) is 25.5 Å². The molecule has 2 N–H and O–H groups in total. The van der Waals surface area contributed by atoms with Crippen molar-refractivity contribution < 1.29 is 18.3 Å². The van der Waals surface area contributed by atoms with E-state index in [2.05, 4.69) is 20.7 Å². The Morgan fingerprint density at radius 2 is 2.19 bits per heavy atom. The lowest BCUT2D eigenvalue weighted by Gasteiger charge is -2.15. The van der Waals surface area contributed by atoms with Gasteiger partial charge in [0.15, 0.2) is 0 Å². The van der Waals surface area contributed by atoms with Gasteiger partial charge in [0.2, 0.25) is 10.0 Å². The lowest BCUT2D eigenvalue weighted by Crippen LogP contribution is -2.40. The summed E-state index contributed by atoms with van der Waals surface area (Å²) < 4.78 is 27.1. The van der Waals surface area contributed by atoms with E-state index in [1.54, 1.807) is 12.1 Å². The number of hydrogen-bond donors (Lipinski definition) is 2. The summed E-state index contributed by atoms with van der Waals surface area (Å²) in [7, 11) is -4.08. The predicted molar refractivity (Wildman–Crippen MR) is 80.1 cm³/mol. The maximum absolute atomic E-state index is 12.3. The fourth-order valence-electron chi connectivity index (χ4n) is 1.73. The van der Waals surface area contributed by atoms with E-state index in [-0.39, 0.29) is 16.9 Å². The Morgan fingerprint density at radius 1 is 1.52 bits per heavy atom. The van der Waals surface area contributed by atoms with E-state index in [1.165, 1.54) is 12.1 Å². The molecule has 0 aromatic heterocycles. The maximum atomic E-state index is 12.3. The Bertz CT molecular complexity index is 667. The summed E-state index contributed by atoms with van der Waals surface area (Å²) in [6, 6.07) is 4.88. The van der Waals surface area contributed by atoms with Crippen LogP contribution in [0.25, 0.3) is 0 Å². The second-order valence-corrected chi connectivity index (χ2v) is 6.92. The molecule has 1 aromatic carbocycles. The number of nitriles is 1. The number of carboxylic acid groups (broad SMARTS) is 1. The highest BCUT2D eigenvalue weighted by atomic mass is 79.9. The van der Waals surface area contributed by atoms with Crippen LogP contribution < -0.4 is 4.72 Å². The number of aliphatic carboxylic acids is 1. The monoisotopic (exact) mass is 374 g/mol. The van der Waals surface area contributed by atoms with E-state index < -0.39 is 22.0 Å².